The Bertz CT molecular complexity index is 987. The van der Waals surface area contributed by atoms with Gasteiger partial charge in [-0.15, -0.1) is 0 Å². The Kier molecular flexibility index (Phi) is 8.58. The van der Waals surface area contributed by atoms with E-state index in [1.807, 2.05) is 93.6 Å². The van der Waals surface area contributed by atoms with Crippen LogP contribution in [0.5, 0.6) is 0 Å². The van der Waals surface area contributed by atoms with Crippen LogP contribution >= 0.6 is 0 Å². The molecule has 0 bridgehead atoms. The Labute approximate surface area is 196 Å². The number of hydrogen-bond acceptors (Lipinski definition) is 5. The summed E-state index contributed by atoms with van der Waals surface area (Å²) in [6, 6.07) is 23.3. The molecule has 1 heterocycles. The number of carbonyl (C=O) groups is 1. The predicted molar refractivity (Wildman–Crippen MR) is 131 cm³/mol. The molecule has 6 nitrogen and oxygen atoms in total. The third-order valence-electron chi connectivity index (χ3n) is 5.06. The molecule has 0 saturated carbocycles. The first-order valence-electron chi connectivity index (χ1n) is 11.2. The fraction of sp³-hybridized carbons (Fsp3) is 0.333. The lowest BCUT2D eigenvalue weighted by molar-refractivity contribution is 0.0422. The number of ether oxygens (including phenoxy) is 1. The molecule has 0 spiro atoms. The number of hydrogen-bond donors (Lipinski definition) is 3. The quantitative estimate of drug-likeness (QED) is 0.455. The van der Waals surface area contributed by atoms with Gasteiger partial charge in [-0.2, -0.15) is 0 Å². The van der Waals surface area contributed by atoms with Gasteiger partial charge in [0.2, 0.25) is 0 Å². The number of carbonyl (C=O) groups excluding carboxylic acids is 1. The normalized spacial score (nSPS) is 13.2. The van der Waals surface area contributed by atoms with Crippen molar-refractivity contribution in [2.24, 2.45) is 0 Å². The highest BCUT2D eigenvalue weighted by Gasteiger charge is 2.24. The molecule has 0 aliphatic rings. The maximum atomic E-state index is 12.3. The van der Waals surface area contributed by atoms with E-state index in [0.29, 0.717) is 19.5 Å². The summed E-state index contributed by atoms with van der Waals surface area (Å²) in [5, 5.41) is 17.0. The van der Waals surface area contributed by atoms with Gasteiger partial charge in [0.05, 0.1) is 17.8 Å². The van der Waals surface area contributed by atoms with Crippen molar-refractivity contribution in [3.8, 4) is 11.3 Å². The van der Waals surface area contributed by atoms with Crippen LogP contribution < -0.4 is 10.6 Å². The molecule has 174 valence electrons. The smallest absolute Gasteiger partial charge is 0.407 e. The summed E-state index contributed by atoms with van der Waals surface area (Å²) < 4.78 is 5.39. The first-order chi connectivity index (χ1) is 15.8. The van der Waals surface area contributed by atoms with Gasteiger partial charge >= 0.3 is 6.09 Å². The van der Waals surface area contributed by atoms with Crippen molar-refractivity contribution in [1.29, 1.82) is 0 Å². The number of pyridine rings is 1. The Hall–Kier alpha value is -3.22. The highest BCUT2D eigenvalue weighted by atomic mass is 16.6. The summed E-state index contributed by atoms with van der Waals surface area (Å²) in [6.45, 7) is 6.38. The number of aliphatic hydroxyl groups is 1. The van der Waals surface area contributed by atoms with Gasteiger partial charge in [-0.25, -0.2) is 4.79 Å². The fourth-order valence-electron chi connectivity index (χ4n) is 3.44. The van der Waals surface area contributed by atoms with E-state index in [1.54, 1.807) is 6.20 Å². The molecule has 0 aliphatic heterocycles. The summed E-state index contributed by atoms with van der Waals surface area (Å²) in [5.74, 6) is 0. The maximum Gasteiger partial charge on any atom is 0.407 e. The van der Waals surface area contributed by atoms with Crippen LogP contribution in [0, 0.1) is 0 Å². The van der Waals surface area contributed by atoms with Gasteiger partial charge in [0.25, 0.3) is 0 Å². The van der Waals surface area contributed by atoms with Crippen molar-refractivity contribution in [3.05, 3.63) is 90.1 Å². The first kappa shape index (κ1) is 24.4. The van der Waals surface area contributed by atoms with E-state index >= 15 is 0 Å². The topological polar surface area (TPSA) is 83.5 Å². The fourth-order valence-corrected chi connectivity index (χ4v) is 3.44. The molecule has 3 aromatic rings. The number of benzene rings is 2. The minimum Gasteiger partial charge on any atom is -0.444 e. The zero-order valence-electron chi connectivity index (χ0n) is 19.5. The summed E-state index contributed by atoms with van der Waals surface area (Å²) >= 11 is 0. The molecule has 0 fully saturated rings. The van der Waals surface area contributed by atoms with Crippen LogP contribution in [0.15, 0.2) is 79.0 Å². The van der Waals surface area contributed by atoms with E-state index in [0.717, 1.165) is 22.4 Å². The van der Waals surface area contributed by atoms with Crippen molar-refractivity contribution in [2.45, 2.75) is 51.5 Å². The zero-order valence-corrected chi connectivity index (χ0v) is 19.5. The third-order valence-corrected chi connectivity index (χ3v) is 5.06. The molecule has 0 radical (unpaired) electrons. The van der Waals surface area contributed by atoms with Gasteiger partial charge < -0.3 is 20.5 Å². The second-order valence-electron chi connectivity index (χ2n) is 9.05. The number of nitrogens with one attached hydrogen (secondary N) is 2. The van der Waals surface area contributed by atoms with E-state index < -0.39 is 23.8 Å². The predicted octanol–water partition coefficient (Wildman–Crippen LogP) is 4.34. The molecule has 3 rings (SSSR count). The Morgan fingerprint density at radius 3 is 2.30 bits per heavy atom. The molecule has 1 aromatic heterocycles. The molecule has 0 aliphatic carbocycles. The average Bonchev–Trinajstić information content (AvgIpc) is 2.79. The molecule has 3 N–H and O–H groups in total. The van der Waals surface area contributed by atoms with E-state index in [4.69, 9.17) is 4.74 Å². The Balaban J connectivity index is 1.56. The molecule has 1 amide bonds. The lowest BCUT2D eigenvalue weighted by Gasteiger charge is -2.27. The van der Waals surface area contributed by atoms with Gasteiger partial charge in [-0.3, -0.25) is 4.98 Å². The van der Waals surface area contributed by atoms with Crippen molar-refractivity contribution in [3.63, 3.8) is 0 Å². The van der Waals surface area contributed by atoms with Crippen LogP contribution in [-0.4, -0.2) is 40.5 Å². The van der Waals surface area contributed by atoms with Gasteiger partial charge in [-0.05, 0) is 50.5 Å². The number of aromatic nitrogens is 1. The minimum atomic E-state index is -0.787. The summed E-state index contributed by atoms with van der Waals surface area (Å²) in [4.78, 5) is 16.7. The first-order valence-corrected chi connectivity index (χ1v) is 11.2. The Morgan fingerprint density at radius 2 is 1.67 bits per heavy atom. The van der Waals surface area contributed by atoms with Gasteiger partial charge in [0.1, 0.15) is 5.60 Å². The molecule has 2 atom stereocenters. The molecule has 2 aromatic carbocycles. The lowest BCUT2D eigenvalue weighted by atomic mass is 10.0. The second-order valence-corrected chi connectivity index (χ2v) is 9.05. The minimum absolute atomic E-state index is 0.329. The van der Waals surface area contributed by atoms with Gasteiger partial charge in [-0.1, -0.05) is 60.7 Å². The van der Waals surface area contributed by atoms with Crippen LogP contribution in [-0.2, 0) is 17.7 Å². The van der Waals surface area contributed by atoms with E-state index in [2.05, 4.69) is 15.6 Å². The lowest BCUT2D eigenvalue weighted by Crippen LogP contribution is -2.49. The number of nitrogens with zero attached hydrogens (tertiary/aromatic N) is 1. The Morgan fingerprint density at radius 1 is 0.970 bits per heavy atom. The SMILES string of the molecule is CC(C)(C)OC(=O)N[C@@H](Cc1ccccc1)[C@@H](O)CNCc1ccc(-c2ccccn2)cc1. The largest absolute Gasteiger partial charge is 0.444 e. The summed E-state index contributed by atoms with van der Waals surface area (Å²) in [5.41, 5.74) is 3.52. The monoisotopic (exact) mass is 447 g/mol. The number of rotatable bonds is 9. The second kappa shape index (κ2) is 11.6. The van der Waals surface area contributed by atoms with E-state index in [9.17, 15) is 9.90 Å². The molecule has 0 saturated heterocycles. The molecule has 33 heavy (non-hydrogen) atoms. The average molecular weight is 448 g/mol. The standard InChI is InChI=1S/C27H33N3O3/c1-27(2,3)33-26(32)30-24(17-20-9-5-4-6-10-20)25(31)19-28-18-21-12-14-22(15-13-21)23-11-7-8-16-29-23/h4-16,24-25,28,31H,17-19H2,1-3H3,(H,30,32)/t24-,25-/m0/s1. The summed E-state index contributed by atoms with van der Waals surface area (Å²) in [6.07, 6.45) is 0.962. The third kappa shape index (κ3) is 8.33. The molecular formula is C27H33N3O3. The molecule has 0 unspecified atom stereocenters. The highest BCUT2D eigenvalue weighted by Crippen LogP contribution is 2.17. The van der Waals surface area contributed by atoms with Gasteiger partial charge in [0.15, 0.2) is 0 Å². The molecular weight excluding hydrogens is 414 g/mol. The van der Waals surface area contributed by atoms with Crippen LogP contribution in [0.2, 0.25) is 0 Å². The zero-order chi connectivity index (χ0) is 23.7. The number of amides is 1. The van der Waals surface area contributed by atoms with Gasteiger partial charge in [0, 0.05) is 24.8 Å². The van der Waals surface area contributed by atoms with Crippen LogP contribution in [0.4, 0.5) is 4.79 Å². The van der Waals surface area contributed by atoms with Crippen LogP contribution in [0.3, 0.4) is 0 Å². The van der Waals surface area contributed by atoms with Crippen LogP contribution in [0.25, 0.3) is 11.3 Å². The van der Waals surface area contributed by atoms with Crippen molar-refractivity contribution in [2.75, 3.05) is 6.54 Å². The number of aliphatic hydroxyl groups excluding tert-OH is 1. The highest BCUT2D eigenvalue weighted by molar-refractivity contribution is 5.68. The summed E-state index contributed by atoms with van der Waals surface area (Å²) in [7, 11) is 0. The van der Waals surface area contributed by atoms with Crippen molar-refractivity contribution in [1.82, 2.24) is 15.6 Å². The van der Waals surface area contributed by atoms with E-state index in [1.165, 1.54) is 0 Å². The van der Waals surface area contributed by atoms with Crippen molar-refractivity contribution >= 4 is 6.09 Å². The van der Waals surface area contributed by atoms with Crippen molar-refractivity contribution < 1.29 is 14.6 Å². The molecule has 6 heteroatoms. The maximum absolute atomic E-state index is 12.3. The van der Waals surface area contributed by atoms with Crippen LogP contribution in [0.1, 0.15) is 31.9 Å². The number of alkyl carbamates (subject to hydrolysis) is 1. The van der Waals surface area contributed by atoms with E-state index in [-0.39, 0.29) is 0 Å².